The van der Waals surface area contributed by atoms with Crippen molar-refractivity contribution in [3.8, 4) is 0 Å². The SMILES string of the molecule is Cc1ccc(NS(=O)(=O)c2ccc(NC(=O)c3ccc([C@@H]4SCC(=O)N4Cc4ccc(Cl)cc4)cc3)cc2)cc1Cl. The number of amides is 2. The molecular weight excluding hydrogens is 601 g/mol. The first-order chi connectivity index (χ1) is 19.6. The highest BCUT2D eigenvalue weighted by Crippen LogP contribution is 2.39. The second kappa shape index (κ2) is 12.2. The molecule has 4 aromatic carbocycles. The van der Waals surface area contributed by atoms with Crippen molar-refractivity contribution < 1.29 is 18.0 Å². The summed E-state index contributed by atoms with van der Waals surface area (Å²) in [6.07, 6.45) is 0. The number of rotatable bonds is 8. The largest absolute Gasteiger partial charge is 0.322 e. The van der Waals surface area contributed by atoms with Gasteiger partial charge < -0.3 is 10.2 Å². The Morgan fingerprint density at radius 2 is 1.59 bits per heavy atom. The second-order valence-electron chi connectivity index (χ2n) is 9.48. The lowest BCUT2D eigenvalue weighted by Gasteiger charge is -2.24. The zero-order valence-electron chi connectivity index (χ0n) is 21.8. The third kappa shape index (κ3) is 6.87. The Morgan fingerprint density at radius 3 is 2.24 bits per heavy atom. The van der Waals surface area contributed by atoms with Crippen molar-refractivity contribution in [3.63, 3.8) is 0 Å². The fraction of sp³-hybridized carbons (Fsp3) is 0.133. The highest BCUT2D eigenvalue weighted by Gasteiger charge is 2.32. The Kier molecular flexibility index (Phi) is 8.60. The number of benzene rings is 4. The minimum absolute atomic E-state index is 0.0447. The molecule has 41 heavy (non-hydrogen) atoms. The predicted octanol–water partition coefficient (Wildman–Crippen LogP) is 7.13. The van der Waals surface area contributed by atoms with E-state index >= 15 is 0 Å². The van der Waals surface area contributed by atoms with E-state index in [2.05, 4.69) is 10.0 Å². The molecular formula is C30H25Cl2N3O4S2. The number of hydrogen-bond acceptors (Lipinski definition) is 5. The first kappa shape index (κ1) is 29.0. The van der Waals surface area contributed by atoms with E-state index in [0.29, 0.717) is 39.3 Å². The minimum atomic E-state index is -3.84. The summed E-state index contributed by atoms with van der Waals surface area (Å²) < 4.78 is 28.1. The summed E-state index contributed by atoms with van der Waals surface area (Å²) in [6.45, 7) is 2.30. The molecule has 11 heteroatoms. The molecule has 0 aromatic heterocycles. The van der Waals surface area contributed by atoms with Crippen LogP contribution < -0.4 is 10.0 Å². The van der Waals surface area contributed by atoms with E-state index in [4.69, 9.17) is 23.2 Å². The van der Waals surface area contributed by atoms with E-state index in [9.17, 15) is 18.0 Å². The maximum atomic E-state index is 12.9. The lowest BCUT2D eigenvalue weighted by molar-refractivity contribution is -0.128. The van der Waals surface area contributed by atoms with Crippen LogP contribution in [0.2, 0.25) is 10.0 Å². The van der Waals surface area contributed by atoms with Crippen molar-refractivity contribution in [2.45, 2.75) is 23.7 Å². The molecule has 1 heterocycles. The Labute approximate surface area is 252 Å². The van der Waals surface area contributed by atoms with Gasteiger partial charge in [-0.15, -0.1) is 11.8 Å². The van der Waals surface area contributed by atoms with Crippen LogP contribution in [0.3, 0.4) is 0 Å². The highest BCUT2D eigenvalue weighted by molar-refractivity contribution is 8.00. The van der Waals surface area contributed by atoms with E-state index in [1.807, 2.05) is 36.1 Å². The fourth-order valence-electron chi connectivity index (χ4n) is 4.28. The Hall–Kier alpha value is -3.50. The number of halogens is 2. The molecule has 5 rings (SSSR count). The molecule has 1 aliphatic rings. The van der Waals surface area contributed by atoms with E-state index in [0.717, 1.165) is 16.7 Å². The van der Waals surface area contributed by atoms with Gasteiger partial charge in [-0.25, -0.2) is 8.42 Å². The molecule has 0 unspecified atom stereocenters. The lowest BCUT2D eigenvalue weighted by Crippen LogP contribution is -2.27. The van der Waals surface area contributed by atoms with Gasteiger partial charge in [0, 0.05) is 27.8 Å². The fourth-order valence-corrected chi connectivity index (χ4v) is 6.82. The van der Waals surface area contributed by atoms with Crippen molar-refractivity contribution >= 4 is 68.2 Å². The van der Waals surface area contributed by atoms with Gasteiger partial charge in [0.25, 0.3) is 15.9 Å². The zero-order valence-corrected chi connectivity index (χ0v) is 24.9. The molecule has 1 fully saturated rings. The summed E-state index contributed by atoms with van der Waals surface area (Å²) in [4.78, 5) is 27.3. The summed E-state index contributed by atoms with van der Waals surface area (Å²) in [6, 6.07) is 25.3. The number of hydrogen-bond donors (Lipinski definition) is 2. The summed E-state index contributed by atoms with van der Waals surface area (Å²) in [5, 5.41) is 3.73. The van der Waals surface area contributed by atoms with Crippen molar-refractivity contribution in [2.75, 3.05) is 15.8 Å². The summed E-state index contributed by atoms with van der Waals surface area (Å²) in [5.74, 6) is 0.105. The monoisotopic (exact) mass is 625 g/mol. The van der Waals surface area contributed by atoms with Crippen LogP contribution in [-0.4, -0.2) is 30.9 Å². The van der Waals surface area contributed by atoms with Crippen LogP contribution in [-0.2, 0) is 21.4 Å². The highest BCUT2D eigenvalue weighted by atomic mass is 35.5. The van der Waals surface area contributed by atoms with Crippen LogP contribution in [0.4, 0.5) is 11.4 Å². The van der Waals surface area contributed by atoms with E-state index in [-0.39, 0.29) is 22.1 Å². The number of thioether (sulfide) groups is 1. The van der Waals surface area contributed by atoms with Gasteiger partial charge in [-0.3, -0.25) is 14.3 Å². The number of nitrogens with one attached hydrogen (secondary N) is 2. The van der Waals surface area contributed by atoms with Gasteiger partial charge in [0.1, 0.15) is 5.37 Å². The van der Waals surface area contributed by atoms with Crippen molar-refractivity contribution in [1.82, 2.24) is 4.90 Å². The van der Waals surface area contributed by atoms with Crippen LogP contribution in [0.25, 0.3) is 0 Å². The standard InChI is InChI=1S/C30H25Cl2N3O4S2/c1-19-2-11-25(16-27(19)32)34-41(38,39)26-14-12-24(13-15-26)33-29(37)21-5-7-22(8-6-21)30-35(28(36)18-40-30)17-20-3-9-23(31)10-4-20/h2-16,30,34H,17-18H2,1H3,(H,33,37)/t30-/m0/s1. The molecule has 0 spiro atoms. The maximum Gasteiger partial charge on any atom is 0.261 e. The Bertz CT molecular complexity index is 1700. The zero-order chi connectivity index (χ0) is 29.1. The van der Waals surface area contributed by atoms with E-state index < -0.39 is 10.0 Å². The molecule has 0 saturated carbocycles. The van der Waals surface area contributed by atoms with Gasteiger partial charge in [0.2, 0.25) is 5.91 Å². The number of aryl methyl sites for hydroxylation is 1. The Balaban J connectivity index is 1.22. The number of nitrogens with zero attached hydrogens (tertiary/aromatic N) is 1. The average molecular weight is 627 g/mol. The summed E-state index contributed by atoms with van der Waals surface area (Å²) in [7, 11) is -3.84. The molecule has 0 aliphatic carbocycles. The molecule has 4 aromatic rings. The predicted molar refractivity (Wildman–Crippen MR) is 165 cm³/mol. The molecule has 1 aliphatic heterocycles. The van der Waals surface area contributed by atoms with Crippen molar-refractivity contribution in [2.24, 2.45) is 0 Å². The summed E-state index contributed by atoms with van der Waals surface area (Å²) >= 11 is 13.6. The van der Waals surface area contributed by atoms with E-state index in [1.165, 1.54) is 24.3 Å². The van der Waals surface area contributed by atoms with Gasteiger partial charge in [-0.2, -0.15) is 0 Å². The molecule has 0 bridgehead atoms. The smallest absolute Gasteiger partial charge is 0.261 e. The number of anilines is 2. The summed E-state index contributed by atoms with van der Waals surface area (Å²) in [5.41, 5.74) is 3.98. The van der Waals surface area contributed by atoms with Crippen LogP contribution in [0, 0.1) is 6.92 Å². The van der Waals surface area contributed by atoms with Gasteiger partial charge in [-0.1, -0.05) is 53.5 Å². The third-order valence-electron chi connectivity index (χ3n) is 6.54. The first-order valence-corrected chi connectivity index (χ1v) is 15.8. The van der Waals surface area contributed by atoms with Crippen molar-refractivity contribution in [3.05, 3.63) is 123 Å². The molecule has 2 amide bonds. The maximum absolute atomic E-state index is 12.9. The van der Waals surface area contributed by atoms with Crippen LogP contribution in [0.1, 0.15) is 32.4 Å². The average Bonchev–Trinajstić information content (AvgIpc) is 3.31. The molecule has 0 radical (unpaired) electrons. The van der Waals surface area contributed by atoms with Crippen LogP contribution in [0.5, 0.6) is 0 Å². The molecule has 210 valence electrons. The third-order valence-corrected chi connectivity index (χ3v) is 9.85. The van der Waals surface area contributed by atoms with Crippen LogP contribution in [0.15, 0.2) is 95.9 Å². The number of carbonyl (C=O) groups excluding carboxylic acids is 2. The minimum Gasteiger partial charge on any atom is -0.322 e. The normalized spacial score (nSPS) is 15.1. The topological polar surface area (TPSA) is 95.6 Å². The molecule has 1 atom stereocenters. The quantitative estimate of drug-likeness (QED) is 0.217. The Morgan fingerprint density at radius 1 is 0.927 bits per heavy atom. The van der Waals surface area contributed by atoms with Crippen LogP contribution >= 0.6 is 35.0 Å². The second-order valence-corrected chi connectivity index (χ2v) is 13.1. The van der Waals surface area contributed by atoms with Gasteiger partial charge in [0.05, 0.1) is 16.3 Å². The van der Waals surface area contributed by atoms with Gasteiger partial charge in [-0.05, 0) is 84.3 Å². The first-order valence-electron chi connectivity index (χ1n) is 12.5. The molecule has 1 saturated heterocycles. The number of carbonyl (C=O) groups is 2. The van der Waals surface area contributed by atoms with Gasteiger partial charge in [0.15, 0.2) is 0 Å². The van der Waals surface area contributed by atoms with E-state index in [1.54, 1.807) is 54.2 Å². The molecule has 7 nitrogen and oxygen atoms in total. The van der Waals surface area contributed by atoms with Gasteiger partial charge >= 0.3 is 0 Å². The van der Waals surface area contributed by atoms with Crippen molar-refractivity contribution in [1.29, 1.82) is 0 Å². The number of sulfonamides is 1. The lowest BCUT2D eigenvalue weighted by atomic mass is 10.1. The molecule has 2 N–H and O–H groups in total.